The summed E-state index contributed by atoms with van der Waals surface area (Å²) in [5.41, 5.74) is 7.88. The first kappa shape index (κ1) is 11.3. The van der Waals surface area contributed by atoms with Gasteiger partial charge in [-0.25, -0.2) is 0 Å². The van der Waals surface area contributed by atoms with Crippen molar-refractivity contribution in [3.63, 3.8) is 0 Å². The number of fused-ring (bicyclic) bond motifs is 2. The minimum absolute atomic E-state index is 0.0193. The van der Waals surface area contributed by atoms with Crippen LogP contribution in [-0.2, 0) is 12.8 Å². The standard InChI is InChI=1S/C13H15NO4/c1-16-12-8-3-5-17-11(8)10(9(15)6-14)7-2-4-18-13(7)12/h2-6,14H2,1H3. The molecule has 0 unspecified atom stereocenters. The van der Waals surface area contributed by atoms with Crippen LogP contribution in [0, 0.1) is 0 Å². The predicted octanol–water partition coefficient (Wildman–Crippen LogP) is 0.706. The SMILES string of the molecule is COc1c2c(c(C(=O)CN)c3c1OCC3)OCC2. The number of Topliss-reactive ketones (excluding diaryl/α,β-unsaturated/α-hetero) is 1. The van der Waals surface area contributed by atoms with Gasteiger partial charge in [0, 0.05) is 24.0 Å². The van der Waals surface area contributed by atoms with E-state index in [1.165, 1.54) is 0 Å². The number of methoxy groups -OCH3 is 1. The van der Waals surface area contributed by atoms with E-state index in [1.807, 2.05) is 0 Å². The number of carbonyl (C=O) groups excluding carboxylic acids is 1. The first-order valence-corrected chi connectivity index (χ1v) is 6.02. The third-order valence-corrected chi connectivity index (χ3v) is 3.42. The quantitative estimate of drug-likeness (QED) is 0.799. The fraction of sp³-hybridized carbons (Fsp3) is 0.462. The molecule has 0 saturated carbocycles. The van der Waals surface area contributed by atoms with Crippen molar-refractivity contribution >= 4 is 5.78 Å². The number of ether oxygens (including phenoxy) is 3. The summed E-state index contributed by atoms with van der Waals surface area (Å²) in [5, 5.41) is 0. The molecule has 5 heteroatoms. The summed E-state index contributed by atoms with van der Waals surface area (Å²) in [5.74, 6) is 1.95. The molecule has 2 aliphatic rings. The topological polar surface area (TPSA) is 70.8 Å². The van der Waals surface area contributed by atoms with Crippen LogP contribution < -0.4 is 19.9 Å². The average Bonchev–Trinajstić information content (AvgIpc) is 3.02. The number of hydrogen-bond donors (Lipinski definition) is 1. The molecular formula is C13H15NO4. The normalized spacial score (nSPS) is 15.7. The molecule has 2 aliphatic heterocycles. The lowest BCUT2D eigenvalue weighted by molar-refractivity contribution is 0.0997. The summed E-state index contributed by atoms with van der Waals surface area (Å²) in [4.78, 5) is 12.0. The van der Waals surface area contributed by atoms with Gasteiger partial charge in [-0.3, -0.25) is 4.79 Å². The van der Waals surface area contributed by atoms with E-state index in [9.17, 15) is 4.79 Å². The lowest BCUT2D eigenvalue weighted by atomic mass is 9.95. The van der Waals surface area contributed by atoms with Gasteiger partial charge in [-0.2, -0.15) is 0 Å². The number of carbonyl (C=O) groups is 1. The van der Waals surface area contributed by atoms with E-state index < -0.39 is 0 Å². The molecule has 0 bridgehead atoms. The highest BCUT2D eigenvalue weighted by Gasteiger charge is 2.34. The molecule has 0 amide bonds. The van der Waals surface area contributed by atoms with E-state index in [1.54, 1.807) is 7.11 Å². The van der Waals surface area contributed by atoms with Crippen molar-refractivity contribution in [2.24, 2.45) is 5.73 Å². The molecule has 0 atom stereocenters. The maximum Gasteiger partial charge on any atom is 0.180 e. The van der Waals surface area contributed by atoms with E-state index in [2.05, 4.69) is 0 Å². The van der Waals surface area contributed by atoms with Crippen LogP contribution in [0.1, 0.15) is 21.5 Å². The van der Waals surface area contributed by atoms with Crippen molar-refractivity contribution in [2.75, 3.05) is 26.9 Å². The molecule has 0 aromatic heterocycles. The molecule has 0 aliphatic carbocycles. The minimum Gasteiger partial charge on any atom is -0.492 e. The molecule has 2 heterocycles. The van der Waals surface area contributed by atoms with Gasteiger partial charge in [0.15, 0.2) is 17.3 Å². The summed E-state index contributed by atoms with van der Waals surface area (Å²) in [6, 6.07) is 0. The highest BCUT2D eigenvalue weighted by atomic mass is 16.5. The second-order valence-electron chi connectivity index (χ2n) is 4.35. The molecule has 2 N–H and O–H groups in total. The molecular weight excluding hydrogens is 234 g/mol. The van der Waals surface area contributed by atoms with Gasteiger partial charge in [-0.05, 0) is 0 Å². The lowest BCUT2D eigenvalue weighted by Gasteiger charge is -2.15. The zero-order valence-electron chi connectivity index (χ0n) is 10.2. The second kappa shape index (κ2) is 4.17. The van der Waals surface area contributed by atoms with E-state index in [0.717, 1.165) is 17.5 Å². The Morgan fingerprint density at radius 3 is 2.56 bits per heavy atom. The smallest absolute Gasteiger partial charge is 0.180 e. The molecule has 1 aromatic carbocycles. The van der Waals surface area contributed by atoms with E-state index in [0.29, 0.717) is 42.4 Å². The summed E-state index contributed by atoms with van der Waals surface area (Å²) in [7, 11) is 1.61. The maximum absolute atomic E-state index is 12.0. The zero-order valence-corrected chi connectivity index (χ0v) is 10.2. The van der Waals surface area contributed by atoms with Crippen LogP contribution in [-0.4, -0.2) is 32.7 Å². The largest absolute Gasteiger partial charge is 0.492 e. The maximum atomic E-state index is 12.0. The monoisotopic (exact) mass is 249 g/mol. The Balaban J connectivity index is 2.30. The Kier molecular flexibility index (Phi) is 2.63. The minimum atomic E-state index is -0.0995. The Morgan fingerprint density at radius 2 is 1.89 bits per heavy atom. The van der Waals surface area contributed by atoms with Gasteiger partial charge in [0.1, 0.15) is 5.75 Å². The Bertz CT molecular complexity index is 489. The van der Waals surface area contributed by atoms with E-state index >= 15 is 0 Å². The van der Waals surface area contributed by atoms with Crippen LogP contribution in [0.25, 0.3) is 0 Å². The molecule has 1 aromatic rings. The summed E-state index contributed by atoms with van der Waals surface area (Å²) in [6.45, 7) is 1.12. The fourth-order valence-electron chi connectivity index (χ4n) is 2.68. The zero-order chi connectivity index (χ0) is 12.7. The van der Waals surface area contributed by atoms with Gasteiger partial charge in [0.2, 0.25) is 0 Å². The third kappa shape index (κ3) is 1.40. The summed E-state index contributed by atoms with van der Waals surface area (Å²) in [6.07, 6.45) is 1.43. The molecule has 96 valence electrons. The predicted molar refractivity (Wildman–Crippen MR) is 64.8 cm³/mol. The number of nitrogens with two attached hydrogens (primary N) is 1. The van der Waals surface area contributed by atoms with Crippen LogP contribution in [0.4, 0.5) is 0 Å². The van der Waals surface area contributed by atoms with Gasteiger partial charge in [-0.1, -0.05) is 0 Å². The molecule has 0 radical (unpaired) electrons. The summed E-state index contributed by atoms with van der Waals surface area (Å²) < 4.78 is 16.6. The first-order chi connectivity index (χ1) is 8.77. The first-order valence-electron chi connectivity index (χ1n) is 6.02. The van der Waals surface area contributed by atoms with E-state index in [4.69, 9.17) is 19.9 Å². The number of benzene rings is 1. The van der Waals surface area contributed by atoms with Crippen LogP contribution in [0.3, 0.4) is 0 Å². The summed E-state index contributed by atoms with van der Waals surface area (Å²) >= 11 is 0. The van der Waals surface area contributed by atoms with Gasteiger partial charge in [-0.15, -0.1) is 0 Å². The van der Waals surface area contributed by atoms with Crippen molar-refractivity contribution < 1.29 is 19.0 Å². The van der Waals surface area contributed by atoms with Crippen molar-refractivity contribution in [1.29, 1.82) is 0 Å². The molecule has 0 spiro atoms. The van der Waals surface area contributed by atoms with Crippen molar-refractivity contribution in [2.45, 2.75) is 12.8 Å². The molecule has 18 heavy (non-hydrogen) atoms. The second-order valence-corrected chi connectivity index (χ2v) is 4.35. The van der Waals surface area contributed by atoms with Gasteiger partial charge in [0.25, 0.3) is 0 Å². The van der Waals surface area contributed by atoms with Crippen LogP contribution >= 0.6 is 0 Å². The Labute approximate surface area is 105 Å². The van der Waals surface area contributed by atoms with Crippen LogP contribution in [0.15, 0.2) is 0 Å². The molecule has 5 nitrogen and oxygen atoms in total. The van der Waals surface area contributed by atoms with Crippen LogP contribution in [0.2, 0.25) is 0 Å². The number of hydrogen-bond acceptors (Lipinski definition) is 5. The molecule has 0 saturated heterocycles. The van der Waals surface area contributed by atoms with Crippen LogP contribution in [0.5, 0.6) is 17.2 Å². The number of ketones is 1. The van der Waals surface area contributed by atoms with Gasteiger partial charge in [0.05, 0.1) is 32.4 Å². The van der Waals surface area contributed by atoms with Crippen molar-refractivity contribution in [1.82, 2.24) is 0 Å². The lowest BCUT2D eigenvalue weighted by Crippen LogP contribution is -2.16. The van der Waals surface area contributed by atoms with Gasteiger partial charge < -0.3 is 19.9 Å². The van der Waals surface area contributed by atoms with Crippen molar-refractivity contribution in [3.8, 4) is 17.2 Å². The molecule has 3 rings (SSSR count). The highest BCUT2D eigenvalue weighted by Crippen LogP contribution is 2.48. The Hall–Kier alpha value is -1.75. The van der Waals surface area contributed by atoms with Crippen molar-refractivity contribution in [3.05, 3.63) is 16.7 Å². The third-order valence-electron chi connectivity index (χ3n) is 3.42. The molecule has 0 fully saturated rings. The average molecular weight is 249 g/mol. The fourth-order valence-corrected chi connectivity index (χ4v) is 2.68. The number of rotatable bonds is 3. The van der Waals surface area contributed by atoms with Gasteiger partial charge >= 0.3 is 0 Å². The highest BCUT2D eigenvalue weighted by molar-refractivity contribution is 6.03. The Morgan fingerprint density at radius 1 is 1.22 bits per heavy atom. The van der Waals surface area contributed by atoms with E-state index in [-0.39, 0.29) is 12.3 Å².